The molecule has 19 heavy (non-hydrogen) atoms. The Labute approximate surface area is 111 Å². The predicted molar refractivity (Wildman–Crippen MR) is 70.5 cm³/mol. The van der Waals surface area contributed by atoms with Gasteiger partial charge in [0.2, 0.25) is 0 Å². The lowest BCUT2D eigenvalue weighted by Gasteiger charge is -2.28. The number of aromatic nitrogens is 2. The van der Waals surface area contributed by atoms with Crippen LogP contribution in [0.1, 0.15) is 12.8 Å². The van der Waals surface area contributed by atoms with Crippen LogP contribution in [0.25, 0.3) is 0 Å². The molecule has 2 fully saturated rings. The molecule has 3 rings (SSSR count). The Hall–Kier alpha value is -1.40. The molecule has 0 unspecified atom stereocenters. The Morgan fingerprint density at radius 2 is 2.16 bits per heavy atom. The monoisotopic (exact) mass is 265 g/mol. The molecule has 0 amide bonds. The molecule has 2 aliphatic heterocycles. The molecule has 104 valence electrons. The van der Waals surface area contributed by atoms with E-state index >= 15 is 0 Å². The fourth-order valence-electron chi connectivity index (χ4n) is 2.54. The van der Waals surface area contributed by atoms with Gasteiger partial charge in [0.25, 0.3) is 5.56 Å². The summed E-state index contributed by atoms with van der Waals surface area (Å²) in [6.07, 6.45) is 3.99. The van der Waals surface area contributed by atoms with Gasteiger partial charge >= 0.3 is 0 Å². The highest BCUT2D eigenvalue weighted by Crippen LogP contribution is 2.14. The molecule has 1 atom stereocenters. The summed E-state index contributed by atoms with van der Waals surface area (Å²) >= 11 is 0. The first kappa shape index (κ1) is 12.6. The normalized spacial score (nSPS) is 23.8. The van der Waals surface area contributed by atoms with Gasteiger partial charge in [-0.25, -0.2) is 4.68 Å². The molecule has 0 N–H and O–H groups in total. The third kappa shape index (κ3) is 2.96. The van der Waals surface area contributed by atoms with Gasteiger partial charge < -0.3 is 14.4 Å². The molecule has 2 aliphatic rings. The summed E-state index contributed by atoms with van der Waals surface area (Å²) in [6, 6.07) is 1.66. The smallest absolute Gasteiger partial charge is 0.268 e. The van der Waals surface area contributed by atoms with E-state index < -0.39 is 0 Å². The van der Waals surface area contributed by atoms with Gasteiger partial charge in [-0.2, -0.15) is 5.10 Å². The number of nitrogens with zero attached hydrogens (tertiary/aromatic N) is 3. The molecule has 0 aliphatic carbocycles. The first-order valence-electron chi connectivity index (χ1n) is 6.84. The minimum absolute atomic E-state index is 0.0560. The predicted octanol–water partition coefficient (Wildman–Crippen LogP) is 0.259. The van der Waals surface area contributed by atoms with Crippen molar-refractivity contribution in [2.75, 3.05) is 37.8 Å². The van der Waals surface area contributed by atoms with Crippen LogP contribution in [0.15, 0.2) is 17.1 Å². The Morgan fingerprint density at radius 1 is 1.32 bits per heavy atom. The van der Waals surface area contributed by atoms with Gasteiger partial charge in [-0.3, -0.25) is 4.79 Å². The minimum Gasteiger partial charge on any atom is -0.378 e. The molecule has 2 saturated heterocycles. The lowest BCUT2D eigenvalue weighted by molar-refractivity contribution is 0.0926. The van der Waals surface area contributed by atoms with Crippen molar-refractivity contribution in [3.8, 4) is 0 Å². The minimum atomic E-state index is -0.0560. The second-order valence-corrected chi connectivity index (χ2v) is 4.97. The van der Waals surface area contributed by atoms with E-state index in [0.717, 1.165) is 38.2 Å². The molecular weight excluding hydrogens is 246 g/mol. The zero-order chi connectivity index (χ0) is 13.1. The lowest BCUT2D eigenvalue weighted by Crippen LogP contribution is -2.37. The third-order valence-electron chi connectivity index (χ3n) is 3.63. The second-order valence-electron chi connectivity index (χ2n) is 4.97. The molecule has 3 heterocycles. The summed E-state index contributed by atoms with van der Waals surface area (Å²) in [6.45, 7) is 4.40. The van der Waals surface area contributed by atoms with Crippen molar-refractivity contribution < 1.29 is 9.47 Å². The molecule has 0 radical (unpaired) electrons. The maximum absolute atomic E-state index is 12.1. The number of ether oxygens (including phenoxy) is 2. The molecular formula is C13H19N3O3. The van der Waals surface area contributed by atoms with E-state index in [0.29, 0.717) is 19.8 Å². The average Bonchev–Trinajstić information content (AvgIpc) is 2.95. The van der Waals surface area contributed by atoms with Crippen molar-refractivity contribution >= 4 is 5.69 Å². The molecule has 1 aromatic rings. The lowest BCUT2D eigenvalue weighted by atomic mass is 10.2. The summed E-state index contributed by atoms with van der Waals surface area (Å²) in [5, 5.41) is 4.26. The maximum Gasteiger partial charge on any atom is 0.268 e. The highest BCUT2D eigenvalue weighted by atomic mass is 16.5. The topological polar surface area (TPSA) is 56.6 Å². The van der Waals surface area contributed by atoms with Gasteiger partial charge in [0, 0.05) is 25.8 Å². The van der Waals surface area contributed by atoms with Gasteiger partial charge in [-0.1, -0.05) is 0 Å². The first-order chi connectivity index (χ1) is 9.33. The van der Waals surface area contributed by atoms with Crippen LogP contribution in [0.2, 0.25) is 0 Å². The highest BCUT2D eigenvalue weighted by Gasteiger charge is 2.18. The fourth-order valence-corrected chi connectivity index (χ4v) is 2.54. The molecule has 0 saturated carbocycles. The van der Waals surface area contributed by atoms with E-state index in [1.807, 2.05) is 0 Å². The van der Waals surface area contributed by atoms with Crippen LogP contribution in [-0.2, 0) is 16.0 Å². The highest BCUT2D eigenvalue weighted by molar-refractivity contribution is 5.43. The van der Waals surface area contributed by atoms with Gasteiger partial charge in [-0.05, 0) is 12.8 Å². The SMILES string of the molecule is O=c1cc(N2CCOCC2)cnn1C[C@H]1CCCO1. The summed E-state index contributed by atoms with van der Waals surface area (Å²) < 4.78 is 12.3. The van der Waals surface area contributed by atoms with Crippen LogP contribution in [0.3, 0.4) is 0 Å². The molecule has 1 aromatic heterocycles. The number of hydrogen-bond acceptors (Lipinski definition) is 5. The Morgan fingerprint density at radius 3 is 2.84 bits per heavy atom. The standard InChI is InChI=1S/C13H19N3O3/c17-13-8-11(15-3-6-18-7-4-15)9-14-16(13)10-12-2-1-5-19-12/h8-9,12H,1-7,10H2/t12-/m1/s1. The molecule has 6 heteroatoms. The Kier molecular flexibility index (Phi) is 3.79. The fraction of sp³-hybridized carbons (Fsp3) is 0.692. The van der Waals surface area contributed by atoms with Gasteiger partial charge in [0.1, 0.15) is 0 Å². The van der Waals surface area contributed by atoms with Crippen LogP contribution >= 0.6 is 0 Å². The first-order valence-corrected chi connectivity index (χ1v) is 6.84. The number of morpholine rings is 1. The number of anilines is 1. The van der Waals surface area contributed by atoms with E-state index in [4.69, 9.17) is 9.47 Å². The summed E-state index contributed by atoms with van der Waals surface area (Å²) in [5.74, 6) is 0. The molecule has 0 bridgehead atoms. The van der Waals surface area contributed by atoms with Crippen molar-refractivity contribution in [1.29, 1.82) is 0 Å². The van der Waals surface area contributed by atoms with Gasteiger partial charge in [-0.15, -0.1) is 0 Å². The zero-order valence-electron chi connectivity index (χ0n) is 11.0. The largest absolute Gasteiger partial charge is 0.378 e. The van der Waals surface area contributed by atoms with E-state index in [2.05, 4.69) is 10.00 Å². The summed E-state index contributed by atoms with van der Waals surface area (Å²) in [5.41, 5.74) is 0.830. The van der Waals surface area contributed by atoms with E-state index in [9.17, 15) is 4.79 Å². The van der Waals surface area contributed by atoms with E-state index in [-0.39, 0.29) is 11.7 Å². The van der Waals surface area contributed by atoms with Gasteiger partial charge in [0.05, 0.1) is 37.7 Å². The van der Waals surface area contributed by atoms with Crippen LogP contribution in [-0.4, -0.2) is 48.8 Å². The number of hydrogen-bond donors (Lipinski definition) is 0. The van der Waals surface area contributed by atoms with Crippen LogP contribution in [0, 0.1) is 0 Å². The van der Waals surface area contributed by atoms with Crippen molar-refractivity contribution in [2.24, 2.45) is 0 Å². The van der Waals surface area contributed by atoms with Crippen molar-refractivity contribution in [1.82, 2.24) is 9.78 Å². The van der Waals surface area contributed by atoms with Crippen LogP contribution in [0.5, 0.6) is 0 Å². The van der Waals surface area contributed by atoms with Crippen LogP contribution < -0.4 is 10.5 Å². The molecule has 0 spiro atoms. The maximum atomic E-state index is 12.1. The van der Waals surface area contributed by atoms with Gasteiger partial charge in [0.15, 0.2) is 0 Å². The van der Waals surface area contributed by atoms with Crippen LogP contribution in [0.4, 0.5) is 5.69 Å². The van der Waals surface area contributed by atoms with E-state index in [1.165, 1.54) is 4.68 Å². The number of rotatable bonds is 3. The Balaban J connectivity index is 1.71. The zero-order valence-corrected chi connectivity index (χ0v) is 11.0. The Bertz CT molecular complexity index is 476. The van der Waals surface area contributed by atoms with E-state index in [1.54, 1.807) is 12.3 Å². The van der Waals surface area contributed by atoms with Crippen molar-refractivity contribution in [3.05, 3.63) is 22.6 Å². The average molecular weight is 265 g/mol. The second kappa shape index (κ2) is 5.71. The van der Waals surface area contributed by atoms with Crippen molar-refractivity contribution in [3.63, 3.8) is 0 Å². The quantitative estimate of drug-likeness (QED) is 0.784. The summed E-state index contributed by atoms with van der Waals surface area (Å²) in [4.78, 5) is 14.2. The third-order valence-corrected chi connectivity index (χ3v) is 3.63. The molecule has 0 aromatic carbocycles. The van der Waals surface area contributed by atoms with Crippen molar-refractivity contribution in [2.45, 2.75) is 25.5 Å². The molecule has 6 nitrogen and oxygen atoms in total. The summed E-state index contributed by atoms with van der Waals surface area (Å²) in [7, 11) is 0.